The van der Waals surface area contributed by atoms with E-state index in [1.807, 2.05) is 48.5 Å². The van der Waals surface area contributed by atoms with E-state index in [4.69, 9.17) is 5.73 Å². The molecule has 4 nitrogen and oxygen atoms in total. The van der Waals surface area contributed by atoms with Gasteiger partial charge in [-0.2, -0.15) is 0 Å². The van der Waals surface area contributed by atoms with Gasteiger partial charge in [-0.1, -0.05) is 36.4 Å². The van der Waals surface area contributed by atoms with E-state index in [1.54, 1.807) is 0 Å². The molecule has 3 aromatic rings. The Labute approximate surface area is 104 Å². The molecule has 90 valence electrons. The lowest BCUT2D eigenvalue weighted by atomic mass is 10.0. The molecular formula is C14H13N3O. The molecule has 4 heteroatoms. The summed E-state index contributed by atoms with van der Waals surface area (Å²) in [7, 11) is 0. The monoisotopic (exact) mass is 239 g/mol. The van der Waals surface area contributed by atoms with Crippen LogP contribution in [0.2, 0.25) is 0 Å². The summed E-state index contributed by atoms with van der Waals surface area (Å²) >= 11 is 0. The van der Waals surface area contributed by atoms with Gasteiger partial charge in [-0.25, -0.2) is 4.98 Å². The van der Waals surface area contributed by atoms with Crippen LogP contribution in [0.3, 0.4) is 0 Å². The van der Waals surface area contributed by atoms with E-state index in [1.165, 1.54) is 0 Å². The number of aliphatic hydroxyl groups is 1. The number of imidazole rings is 1. The third kappa shape index (κ3) is 1.83. The number of anilines is 1. The fourth-order valence-electron chi connectivity index (χ4n) is 2.04. The number of aliphatic hydroxyl groups excluding tert-OH is 1. The molecule has 0 unspecified atom stereocenters. The highest BCUT2D eigenvalue weighted by Gasteiger charge is 2.11. The van der Waals surface area contributed by atoms with Gasteiger partial charge in [0.2, 0.25) is 0 Å². The molecular weight excluding hydrogens is 226 g/mol. The Morgan fingerprint density at radius 2 is 1.83 bits per heavy atom. The number of hydrogen-bond donors (Lipinski definition) is 3. The maximum Gasteiger partial charge on any atom is 0.198 e. The second-order valence-electron chi connectivity index (χ2n) is 4.21. The molecule has 0 spiro atoms. The van der Waals surface area contributed by atoms with Gasteiger partial charge in [0.05, 0.1) is 11.0 Å². The maximum absolute atomic E-state index is 10.3. The van der Waals surface area contributed by atoms with E-state index in [2.05, 4.69) is 9.97 Å². The van der Waals surface area contributed by atoms with E-state index in [9.17, 15) is 5.11 Å². The van der Waals surface area contributed by atoms with Gasteiger partial charge in [0.1, 0.15) is 6.10 Å². The lowest BCUT2D eigenvalue weighted by Gasteiger charge is -2.11. The van der Waals surface area contributed by atoms with Crippen LogP contribution in [0.15, 0.2) is 48.5 Å². The highest BCUT2D eigenvalue weighted by Crippen LogP contribution is 2.24. The number of H-pyrrole nitrogens is 1. The number of fused-ring (bicyclic) bond motifs is 1. The first-order valence-electron chi connectivity index (χ1n) is 5.72. The van der Waals surface area contributed by atoms with Crippen molar-refractivity contribution < 1.29 is 5.11 Å². The van der Waals surface area contributed by atoms with Crippen LogP contribution in [0.25, 0.3) is 11.0 Å². The molecule has 0 aliphatic rings. The summed E-state index contributed by atoms with van der Waals surface area (Å²) in [6, 6.07) is 15.1. The van der Waals surface area contributed by atoms with E-state index in [-0.39, 0.29) is 0 Å². The van der Waals surface area contributed by atoms with Crippen molar-refractivity contribution in [2.75, 3.05) is 5.73 Å². The number of nitrogens with two attached hydrogens (primary N) is 1. The van der Waals surface area contributed by atoms with Crippen LogP contribution in [0.4, 0.5) is 5.95 Å². The van der Waals surface area contributed by atoms with E-state index >= 15 is 0 Å². The molecule has 18 heavy (non-hydrogen) atoms. The number of aromatic amines is 1. The topological polar surface area (TPSA) is 74.9 Å². The molecule has 0 radical (unpaired) electrons. The highest BCUT2D eigenvalue weighted by molar-refractivity contribution is 5.78. The number of hydrogen-bond acceptors (Lipinski definition) is 3. The average molecular weight is 239 g/mol. The van der Waals surface area contributed by atoms with Gasteiger partial charge in [0.25, 0.3) is 0 Å². The molecule has 0 amide bonds. The van der Waals surface area contributed by atoms with Gasteiger partial charge in [-0.15, -0.1) is 0 Å². The van der Waals surface area contributed by atoms with Crippen molar-refractivity contribution in [3.8, 4) is 0 Å². The number of nitrogens with zero attached hydrogens (tertiary/aromatic N) is 1. The summed E-state index contributed by atoms with van der Waals surface area (Å²) in [6.07, 6.45) is -0.639. The normalized spacial score (nSPS) is 12.7. The van der Waals surface area contributed by atoms with Crippen LogP contribution in [0, 0.1) is 0 Å². The standard InChI is InChI=1S/C14H13N3O/c15-14-16-11-7-6-10(8-12(11)17-14)13(18)9-4-2-1-3-5-9/h1-8,13,18H,(H3,15,16,17)/t13-/m1/s1. The molecule has 1 aromatic heterocycles. The minimum Gasteiger partial charge on any atom is -0.384 e. The smallest absolute Gasteiger partial charge is 0.198 e. The zero-order valence-corrected chi connectivity index (χ0v) is 9.67. The first kappa shape index (κ1) is 10.8. The van der Waals surface area contributed by atoms with Gasteiger partial charge in [-0.3, -0.25) is 0 Å². The predicted molar refractivity (Wildman–Crippen MR) is 71.0 cm³/mol. The summed E-state index contributed by atoms with van der Waals surface area (Å²) in [5.41, 5.74) is 8.92. The van der Waals surface area contributed by atoms with Gasteiger partial charge in [-0.05, 0) is 23.3 Å². The van der Waals surface area contributed by atoms with E-state index in [0.29, 0.717) is 5.95 Å². The molecule has 1 heterocycles. The van der Waals surface area contributed by atoms with Crippen molar-refractivity contribution in [2.24, 2.45) is 0 Å². The van der Waals surface area contributed by atoms with Crippen molar-refractivity contribution in [1.82, 2.24) is 9.97 Å². The Bertz CT molecular complexity index is 676. The van der Waals surface area contributed by atoms with E-state index in [0.717, 1.165) is 22.2 Å². The van der Waals surface area contributed by atoms with Gasteiger partial charge >= 0.3 is 0 Å². The number of rotatable bonds is 2. The van der Waals surface area contributed by atoms with Crippen molar-refractivity contribution in [3.05, 3.63) is 59.7 Å². The summed E-state index contributed by atoms with van der Waals surface area (Å²) < 4.78 is 0. The van der Waals surface area contributed by atoms with Crippen LogP contribution in [0.5, 0.6) is 0 Å². The Kier molecular flexibility index (Phi) is 2.50. The van der Waals surface area contributed by atoms with Crippen LogP contribution >= 0.6 is 0 Å². The first-order chi connectivity index (χ1) is 8.74. The van der Waals surface area contributed by atoms with Crippen molar-refractivity contribution >= 4 is 17.0 Å². The second kappa shape index (κ2) is 4.16. The molecule has 0 fully saturated rings. The fraction of sp³-hybridized carbons (Fsp3) is 0.0714. The molecule has 0 bridgehead atoms. The largest absolute Gasteiger partial charge is 0.384 e. The summed E-state index contributed by atoms with van der Waals surface area (Å²) in [5.74, 6) is 0.386. The third-order valence-corrected chi connectivity index (χ3v) is 2.96. The number of benzene rings is 2. The average Bonchev–Trinajstić information content (AvgIpc) is 2.78. The molecule has 0 aliphatic heterocycles. The van der Waals surface area contributed by atoms with Gasteiger partial charge in [0.15, 0.2) is 5.95 Å². The lowest BCUT2D eigenvalue weighted by molar-refractivity contribution is 0.220. The molecule has 3 rings (SSSR count). The zero-order chi connectivity index (χ0) is 12.5. The lowest BCUT2D eigenvalue weighted by Crippen LogP contribution is -1.98. The summed E-state index contributed by atoms with van der Waals surface area (Å²) in [5, 5.41) is 10.3. The van der Waals surface area contributed by atoms with Gasteiger partial charge < -0.3 is 15.8 Å². The number of nitrogen functional groups attached to an aromatic ring is 1. The summed E-state index contributed by atoms with van der Waals surface area (Å²) in [4.78, 5) is 7.09. The minimum atomic E-state index is -0.639. The van der Waals surface area contributed by atoms with Crippen LogP contribution < -0.4 is 5.73 Å². The van der Waals surface area contributed by atoms with Crippen molar-refractivity contribution in [3.63, 3.8) is 0 Å². The molecule has 0 saturated heterocycles. The maximum atomic E-state index is 10.3. The first-order valence-corrected chi connectivity index (χ1v) is 5.72. The zero-order valence-electron chi connectivity index (χ0n) is 9.67. The van der Waals surface area contributed by atoms with Crippen LogP contribution in [-0.4, -0.2) is 15.1 Å². The molecule has 0 aliphatic carbocycles. The van der Waals surface area contributed by atoms with E-state index < -0.39 is 6.10 Å². The molecule has 1 atom stereocenters. The third-order valence-electron chi connectivity index (χ3n) is 2.96. The minimum absolute atomic E-state index is 0.386. The van der Waals surface area contributed by atoms with Crippen LogP contribution in [-0.2, 0) is 0 Å². The number of nitrogens with one attached hydrogen (secondary N) is 1. The summed E-state index contributed by atoms with van der Waals surface area (Å²) in [6.45, 7) is 0. The van der Waals surface area contributed by atoms with Crippen molar-refractivity contribution in [1.29, 1.82) is 0 Å². The highest BCUT2D eigenvalue weighted by atomic mass is 16.3. The Morgan fingerprint density at radius 3 is 2.61 bits per heavy atom. The molecule has 4 N–H and O–H groups in total. The Morgan fingerprint density at radius 1 is 1.06 bits per heavy atom. The van der Waals surface area contributed by atoms with Crippen molar-refractivity contribution in [2.45, 2.75) is 6.10 Å². The second-order valence-corrected chi connectivity index (χ2v) is 4.21. The molecule has 2 aromatic carbocycles. The predicted octanol–water partition coefficient (Wildman–Crippen LogP) is 2.23. The van der Waals surface area contributed by atoms with Crippen LogP contribution in [0.1, 0.15) is 17.2 Å². The van der Waals surface area contributed by atoms with Gasteiger partial charge in [0, 0.05) is 0 Å². The SMILES string of the molecule is Nc1nc2ccc([C@H](O)c3ccccc3)cc2[nH]1. The Hall–Kier alpha value is -2.33. The quantitative estimate of drug-likeness (QED) is 0.642. The fourth-order valence-corrected chi connectivity index (χ4v) is 2.04. The number of aromatic nitrogens is 2. The molecule has 0 saturated carbocycles. The Balaban J connectivity index is 2.03.